The minimum atomic E-state index is -0.0507. The van der Waals surface area contributed by atoms with Crippen molar-refractivity contribution < 1.29 is 4.79 Å². The molecular formula is C12H9Br2NOS. The van der Waals surface area contributed by atoms with Gasteiger partial charge in [-0.25, -0.2) is 0 Å². The van der Waals surface area contributed by atoms with E-state index in [0.29, 0.717) is 11.4 Å². The molecule has 1 heterocycles. The molecule has 0 fully saturated rings. The lowest BCUT2D eigenvalue weighted by Crippen LogP contribution is -2.21. The summed E-state index contributed by atoms with van der Waals surface area (Å²) in [4.78, 5) is 12.5. The maximum absolute atomic E-state index is 11.8. The summed E-state index contributed by atoms with van der Waals surface area (Å²) >= 11 is 8.15. The van der Waals surface area contributed by atoms with Gasteiger partial charge in [-0.3, -0.25) is 4.79 Å². The number of nitrogens with one attached hydrogen (secondary N) is 1. The van der Waals surface area contributed by atoms with E-state index in [2.05, 4.69) is 37.2 Å². The molecule has 0 unspecified atom stereocenters. The second-order valence-corrected chi connectivity index (χ2v) is 6.63. The van der Waals surface area contributed by atoms with Gasteiger partial charge in [-0.2, -0.15) is 0 Å². The van der Waals surface area contributed by atoms with Crippen LogP contribution in [0.1, 0.15) is 15.2 Å². The highest BCUT2D eigenvalue weighted by molar-refractivity contribution is 9.13. The summed E-state index contributed by atoms with van der Waals surface area (Å²) in [5.41, 5.74) is 1.09. The number of carbonyl (C=O) groups is 1. The molecule has 0 saturated heterocycles. The molecule has 2 nitrogen and oxygen atoms in total. The van der Waals surface area contributed by atoms with Gasteiger partial charge in [0.1, 0.15) is 0 Å². The lowest BCUT2D eigenvalue weighted by molar-refractivity contribution is 0.0955. The van der Waals surface area contributed by atoms with Crippen LogP contribution < -0.4 is 5.32 Å². The summed E-state index contributed by atoms with van der Waals surface area (Å²) in [6.45, 7) is 0.548. The molecular weight excluding hydrogens is 366 g/mol. The van der Waals surface area contributed by atoms with Gasteiger partial charge in [-0.05, 0) is 43.5 Å². The van der Waals surface area contributed by atoms with Crippen molar-refractivity contribution in [1.82, 2.24) is 5.32 Å². The molecule has 2 aromatic rings. The number of hydrogen-bond acceptors (Lipinski definition) is 2. The summed E-state index contributed by atoms with van der Waals surface area (Å²) < 4.78 is 1.84. The number of benzene rings is 1. The van der Waals surface area contributed by atoms with Crippen LogP contribution in [0.15, 0.2) is 44.7 Å². The molecule has 1 N–H and O–H groups in total. The second-order valence-electron chi connectivity index (χ2n) is 3.40. The first-order valence-corrected chi connectivity index (χ1v) is 7.34. The van der Waals surface area contributed by atoms with E-state index < -0.39 is 0 Å². The maximum Gasteiger partial charge on any atom is 0.261 e. The number of rotatable bonds is 3. The third-order valence-electron chi connectivity index (χ3n) is 2.16. The summed E-state index contributed by atoms with van der Waals surface area (Å²) in [5.74, 6) is -0.0507. The zero-order chi connectivity index (χ0) is 12.3. The Morgan fingerprint density at radius 1 is 1.24 bits per heavy atom. The highest BCUT2D eigenvalue weighted by Gasteiger charge is 2.11. The fourth-order valence-corrected chi connectivity index (χ4v) is 3.28. The summed E-state index contributed by atoms with van der Waals surface area (Å²) in [7, 11) is 0. The van der Waals surface area contributed by atoms with Crippen molar-refractivity contribution in [3.63, 3.8) is 0 Å². The quantitative estimate of drug-likeness (QED) is 0.856. The molecule has 0 spiro atoms. The standard InChI is InChI=1S/C12H9Br2NOS/c13-9-6-10(17-11(9)14)12(16)15-7-8-4-2-1-3-5-8/h1-6H,7H2,(H,15,16). The first kappa shape index (κ1) is 12.8. The Morgan fingerprint density at radius 3 is 2.53 bits per heavy atom. The first-order valence-electron chi connectivity index (χ1n) is 4.94. The van der Waals surface area contributed by atoms with E-state index in [1.54, 1.807) is 0 Å². The fraction of sp³-hybridized carbons (Fsp3) is 0.0833. The van der Waals surface area contributed by atoms with Crippen molar-refractivity contribution in [2.45, 2.75) is 6.54 Å². The van der Waals surface area contributed by atoms with Gasteiger partial charge in [0.25, 0.3) is 5.91 Å². The molecule has 88 valence electrons. The largest absolute Gasteiger partial charge is 0.347 e. The highest BCUT2D eigenvalue weighted by Crippen LogP contribution is 2.32. The molecule has 0 aliphatic heterocycles. The van der Waals surface area contributed by atoms with Crippen LogP contribution in [0.3, 0.4) is 0 Å². The summed E-state index contributed by atoms with van der Waals surface area (Å²) in [5, 5.41) is 2.89. The van der Waals surface area contributed by atoms with Crippen molar-refractivity contribution >= 4 is 49.1 Å². The van der Waals surface area contributed by atoms with Crippen LogP contribution in [0.25, 0.3) is 0 Å². The Hall–Kier alpha value is -0.650. The minimum absolute atomic E-state index is 0.0507. The van der Waals surface area contributed by atoms with Crippen LogP contribution in [-0.4, -0.2) is 5.91 Å². The van der Waals surface area contributed by atoms with E-state index in [1.165, 1.54) is 11.3 Å². The van der Waals surface area contributed by atoms with Crippen LogP contribution in [0.5, 0.6) is 0 Å². The van der Waals surface area contributed by atoms with Gasteiger partial charge in [-0.15, -0.1) is 11.3 Å². The monoisotopic (exact) mass is 373 g/mol. The molecule has 17 heavy (non-hydrogen) atoms. The van der Waals surface area contributed by atoms with Gasteiger partial charge in [0.15, 0.2) is 0 Å². The van der Waals surface area contributed by atoms with Gasteiger partial charge >= 0.3 is 0 Å². The van der Waals surface area contributed by atoms with Crippen LogP contribution in [-0.2, 0) is 6.54 Å². The van der Waals surface area contributed by atoms with Crippen molar-refractivity contribution in [2.75, 3.05) is 0 Å². The Morgan fingerprint density at radius 2 is 1.94 bits per heavy atom. The molecule has 1 aromatic carbocycles. The number of halogens is 2. The molecule has 0 bridgehead atoms. The number of amides is 1. The maximum atomic E-state index is 11.8. The Kier molecular flexibility index (Phi) is 4.36. The topological polar surface area (TPSA) is 29.1 Å². The molecule has 0 radical (unpaired) electrons. The van der Waals surface area contributed by atoms with Crippen LogP contribution >= 0.6 is 43.2 Å². The van der Waals surface area contributed by atoms with E-state index in [-0.39, 0.29) is 5.91 Å². The number of hydrogen-bond donors (Lipinski definition) is 1. The van der Waals surface area contributed by atoms with E-state index in [0.717, 1.165) is 13.8 Å². The van der Waals surface area contributed by atoms with Crippen LogP contribution in [0, 0.1) is 0 Å². The van der Waals surface area contributed by atoms with Crippen molar-refractivity contribution in [1.29, 1.82) is 0 Å². The molecule has 0 aliphatic carbocycles. The number of carbonyl (C=O) groups excluding carboxylic acids is 1. The van der Waals surface area contributed by atoms with Gasteiger partial charge < -0.3 is 5.32 Å². The molecule has 1 amide bonds. The average molecular weight is 375 g/mol. The normalized spacial score (nSPS) is 10.2. The summed E-state index contributed by atoms with van der Waals surface area (Å²) in [6.07, 6.45) is 0. The lowest BCUT2D eigenvalue weighted by atomic mass is 10.2. The van der Waals surface area contributed by atoms with Crippen molar-refractivity contribution in [2.24, 2.45) is 0 Å². The molecule has 1 aromatic heterocycles. The SMILES string of the molecule is O=C(NCc1ccccc1)c1cc(Br)c(Br)s1. The highest BCUT2D eigenvalue weighted by atomic mass is 79.9. The van der Waals surface area contributed by atoms with Crippen molar-refractivity contribution in [3.8, 4) is 0 Å². The van der Waals surface area contributed by atoms with E-state index in [9.17, 15) is 4.79 Å². The fourth-order valence-electron chi connectivity index (χ4n) is 1.32. The Bertz CT molecular complexity index is 505. The van der Waals surface area contributed by atoms with E-state index >= 15 is 0 Å². The zero-order valence-corrected chi connectivity index (χ0v) is 12.7. The van der Waals surface area contributed by atoms with E-state index in [4.69, 9.17) is 0 Å². The lowest BCUT2D eigenvalue weighted by Gasteiger charge is -2.02. The van der Waals surface area contributed by atoms with Crippen LogP contribution in [0.4, 0.5) is 0 Å². The summed E-state index contributed by atoms with van der Waals surface area (Å²) in [6, 6.07) is 11.7. The zero-order valence-electron chi connectivity index (χ0n) is 8.74. The smallest absolute Gasteiger partial charge is 0.261 e. The predicted octanol–water partition coefficient (Wildman–Crippen LogP) is 4.20. The molecule has 5 heteroatoms. The molecule has 0 aliphatic rings. The predicted molar refractivity (Wildman–Crippen MR) is 77.3 cm³/mol. The van der Waals surface area contributed by atoms with Gasteiger partial charge in [0.2, 0.25) is 0 Å². The Labute approximate surface area is 120 Å². The molecule has 0 saturated carbocycles. The van der Waals surface area contributed by atoms with Crippen molar-refractivity contribution in [3.05, 3.63) is 55.1 Å². The van der Waals surface area contributed by atoms with Gasteiger partial charge in [0, 0.05) is 11.0 Å². The van der Waals surface area contributed by atoms with E-state index in [1.807, 2.05) is 36.4 Å². The van der Waals surface area contributed by atoms with Gasteiger partial charge in [-0.1, -0.05) is 30.3 Å². The van der Waals surface area contributed by atoms with Gasteiger partial charge in [0.05, 0.1) is 8.66 Å². The molecule has 0 atom stereocenters. The molecule has 2 rings (SSSR count). The minimum Gasteiger partial charge on any atom is -0.347 e. The van der Waals surface area contributed by atoms with Crippen LogP contribution in [0.2, 0.25) is 0 Å². The number of thiophene rings is 1. The third kappa shape index (κ3) is 3.40. The average Bonchev–Trinajstić information content (AvgIpc) is 2.68. The third-order valence-corrected chi connectivity index (χ3v) is 5.42. The Balaban J connectivity index is 1.98. The first-order chi connectivity index (χ1) is 8.16. The second kappa shape index (κ2) is 5.80.